The van der Waals surface area contributed by atoms with Crippen molar-refractivity contribution in [3.8, 4) is 0 Å². The molecule has 0 saturated heterocycles. The van der Waals surface area contributed by atoms with E-state index < -0.39 is 0 Å². The van der Waals surface area contributed by atoms with Crippen molar-refractivity contribution in [1.82, 2.24) is 14.9 Å². The molecule has 0 unspecified atom stereocenters. The molecule has 1 aromatic carbocycles. The number of hydrogen-bond donors (Lipinski definition) is 1. The fourth-order valence-electron chi connectivity index (χ4n) is 3.34. The molecule has 2 aromatic rings. The molecule has 4 nitrogen and oxygen atoms in total. The lowest BCUT2D eigenvalue weighted by atomic mass is 9.82. The first-order valence-electron chi connectivity index (χ1n) is 8.53. The summed E-state index contributed by atoms with van der Waals surface area (Å²) in [7, 11) is 0. The third-order valence-electron chi connectivity index (χ3n) is 4.86. The Morgan fingerprint density at radius 3 is 2.65 bits per heavy atom. The predicted octanol–water partition coefficient (Wildman–Crippen LogP) is 3.57. The Morgan fingerprint density at radius 1 is 1.26 bits per heavy atom. The molecule has 0 aliphatic heterocycles. The van der Waals surface area contributed by atoms with E-state index in [0.717, 1.165) is 37.2 Å². The van der Waals surface area contributed by atoms with Gasteiger partial charge in [0.2, 0.25) is 5.91 Å². The van der Waals surface area contributed by atoms with Crippen molar-refractivity contribution in [2.45, 2.75) is 45.2 Å². The molecule has 1 heterocycles. The molecule has 1 aliphatic rings. The van der Waals surface area contributed by atoms with Gasteiger partial charge in [-0.2, -0.15) is 0 Å². The highest BCUT2D eigenvalue weighted by Crippen LogP contribution is 2.29. The fourth-order valence-corrected chi connectivity index (χ4v) is 3.34. The molecule has 23 heavy (non-hydrogen) atoms. The lowest BCUT2D eigenvalue weighted by Crippen LogP contribution is -2.37. The van der Waals surface area contributed by atoms with E-state index in [1.807, 2.05) is 29.0 Å². The maximum Gasteiger partial charge on any atom is 0.223 e. The molecule has 4 heteroatoms. The Balaban J connectivity index is 1.69. The van der Waals surface area contributed by atoms with E-state index in [1.165, 1.54) is 0 Å². The molecule has 1 N–H and O–H groups in total. The highest BCUT2D eigenvalue weighted by molar-refractivity contribution is 5.79. The first-order chi connectivity index (χ1) is 11.2. The molecule has 1 saturated carbocycles. The third kappa shape index (κ3) is 4.21. The number of amides is 1. The lowest BCUT2D eigenvalue weighted by molar-refractivity contribution is -0.127. The summed E-state index contributed by atoms with van der Waals surface area (Å²) in [4.78, 5) is 16.8. The van der Waals surface area contributed by atoms with E-state index in [0.29, 0.717) is 6.54 Å². The van der Waals surface area contributed by atoms with Crippen molar-refractivity contribution in [3.63, 3.8) is 0 Å². The summed E-state index contributed by atoms with van der Waals surface area (Å²) in [5.74, 6) is 1.13. The zero-order chi connectivity index (χ0) is 16.1. The minimum absolute atomic E-state index is 0.0164. The number of aromatic nitrogens is 2. The average molecular weight is 311 g/mol. The Morgan fingerprint density at radius 2 is 2.00 bits per heavy atom. The SMILES string of the molecule is CC1CCC(C(=O)N[C@H](Cn2ccnc2)c2ccccc2)CC1. The van der Waals surface area contributed by atoms with Gasteiger partial charge in [-0.3, -0.25) is 4.79 Å². The highest BCUT2D eigenvalue weighted by Gasteiger charge is 2.26. The summed E-state index contributed by atoms with van der Waals surface area (Å²) in [6.45, 7) is 2.98. The lowest BCUT2D eigenvalue weighted by Gasteiger charge is -2.28. The van der Waals surface area contributed by atoms with Gasteiger partial charge in [-0.05, 0) is 37.2 Å². The molecule has 122 valence electrons. The van der Waals surface area contributed by atoms with Gasteiger partial charge in [-0.1, -0.05) is 37.3 Å². The standard InChI is InChI=1S/C19H25N3O/c1-15-7-9-17(10-8-15)19(23)21-18(13-22-12-11-20-14-22)16-5-3-2-4-6-16/h2-6,11-12,14-15,17-18H,7-10,13H2,1H3,(H,21,23)/t15?,17?,18-/m1/s1. The smallest absolute Gasteiger partial charge is 0.223 e. The number of carbonyl (C=O) groups excluding carboxylic acids is 1. The van der Waals surface area contributed by atoms with Crippen LogP contribution < -0.4 is 5.32 Å². The average Bonchev–Trinajstić information content (AvgIpc) is 3.09. The second kappa shape index (κ2) is 7.44. The summed E-state index contributed by atoms with van der Waals surface area (Å²) >= 11 is 0. The fraction of sp³-hybridized carbons (Fsp3) is 0.474. The van der Waals surface area contributed by atoms with E-state index >= 15 is 0 Å². The topological polar surface area (TPSA) is 46.9 Å². The van der Waals surface area contributed by atoms with Gasteiger partial charge >= 0.3 is 0 Å². The van der Waals surface area contributed by atoms with Crippen molar-refractivity contribution in [2.75, 3.05) is 0 Å². The maximum atomic E-state index is 12.7. The van der Waals surface area contributed by atoms with Crippen molar-refractivity contribution >= 4 is 5.91 Å². The normalized spacial score (nSPS) is 22.5. The van der Waals surface area contributed by atoms with E-state index in [9.17, 15) is 4.79 Å². The Bertz CT molecular complexity index is 601. The van der Waals surface area contributed by atoms with Crippen LogP contribution >= 0.6 is 0 Å². The number of imidazole rings is 1. The van der Waals surface area contributed by atoms with Crippen LogP contribution in [0, 0.1) is 11.8 Å². The minimum atomic E-state index is -0.0164. The van der Waals surface area contributed by atoms with Crippen LogP contribution in [0.25, 0.3) is 0 Å². The Hall–Kier alpha value is -2.10. The minimum Gasteiger partial charge on any atom is -0.347 e. The first-order valence-corrected chi connectivity index (χ1v) is 8.53. The molecule has 1 aliphatic carbocycles. The monoisotopic (exact) mass is 311 g/mol. The molecule has 1 fully saturated rings. The molecular formula is C19H25N3O. The second-order valence-electron chi connectivity index (χ2n) is 6.69. The number of rotatable bonds is 5. The van der Waals surface area contributed by atoms with Crippen molar-refractivity contribution in [3.05, 3.63) is 54.6 Å². The highest BCUT2D eigenvalue weighted by atomic mass is 16.1. The van der Waals surface area contributed by atoms with Crippen LogP contribution in [0.15, 0.2) is 49.1 Å². The van der Waals surface area contributed by atoms with Crippen LogP contribution in [-0.2, 0) is 11.3 Å². The van der Waals surface area contributed by atoms with Gasteiger partial charge in [0.05, 0.1) is 12.4 Å². The molecule has 3 rings (SSSR count). The number of hydrogen-bond acceptors (Lipinski definition) is 2. The van der Waals surface area contributed by atoms with Gasteiger partial charge in [0, 0.05) is 24.9 Å². The van der Waals surface area contributed by atoms with Gasteiger partial charge in [-0.15, -0.1) is 0 Å². The summed E-state index contributed by atoms with van der Waals surface area (Å²) in [6.07, 6.45) is 9.85. The third-order valence-corrected chi connectivity index (χ3v) is 4.86. The molecule has 1 amide bonds. The molecule has 1 aromatic heterocycles. The number of carbonyl (C=O) groups is 1. The van der Waals surface area contributed by atoms with Crippen LogP contribution in [0.2, 0.25) is 0 Å². The Labute approximate surface area is 137 Å². The molecule has 0 bridgehead atoms. The van der Waals surface area contributed by atoms with Crippen LogP contribution in [0.4, 0.5) is 0 Å². The summed E-state index contributed by atoms with van der Waals surface area (Å²) in [6, 6.07) is 10.2. The van der Waals surface area contributed by atoms with Crippen molar-refractivity contribution in [1.29, 1.82) is 0 Å². The van der Waals surface area contributed by atoms with Gasteiger partial charge in [-0.25, -0.2) is 4.98 Å². The number of benzene rings is 1. The van der Waals surface area contributed by atoms with Crippen LogP contribution in [0.3, 0.4) is 0 Å². The van der Waals surface area contributed by atoms with E-state index in [1.54, 1.807) is 12.5 Å². The van der Waals surface area contributed by atoms with Gasteiger partial charge in [0.25, 0.3) is 0 Å². The van der Waals surface area contributed by atoms with Crippen molar-refractivity contribution < 1.29 is 4.79 Å². The quantitative estimate of drug-likeness (QED) is 0.917. The summed E-state index contributed by atoms with van der Waals surface area (Å²) in [5.41, 5.74) is 1.14. The van der Waals surface area contributed by atoms with Gasteiger partial charge in [0.15, 0.2) is 0 Å². The van der Waals surface area contributed by atoms with E-state index in [2.05, 4.69) is 29.4 Å². The number of nitrogens with one attached hydrogen (secondary N) is 1. The second-order valence-corrected chi connectivity index (χ2v) is 6.69. The zero-order valence-electron chi connectivity index (χ0n) is 13.7. The van der Waals surface area contributed by atoms with Crippen molar-refractivity contribution in [2.24, 2.45) is 11.8 Å². The molecule has 0 radical (unpaired) electrons. The molecule has 0 spiro atoms. The molecular weight excluding hydrogens is 286 g/mol. The van der Waals surface area contributed by atoms with E-state index in [4.69, 9.17) is 0 Å². The summed E-state index contributed by atoms with van der Waals surface area (Å²) in [5, 5.41) is 3.27. The Kier molecular flexibility index (Phi) is 5.11. The summed E-state index contributed by atoms with van der Waals surface area (Å²) < 4.78 is 2.01. The molecule has 1 atom stereocenters. The van der Waals surface area contributed by atoms with Crippen LogP contribution in [-0.4, -0.2) is 15.5 Å². The maximum absolute atomic E-state index is 12.7. The zero-order valence-corrected chi connectivity index (χ0v) is 13.7. The largest absolute Gasteiger partial charge is 0.347 e. The first kappa shape index (κ1) is 15.8. The number of nitrogens with zero attached hydrogens (tertiary/aromatic N) is 2. The van der Waals surface area contributed by atoms with E-state index in [-0.39, 0.29) is 17.9 Å². The van der Waals surface area contributed by atoms with Crippen LogP contribution in [0.1, 0.15) is 44.2 Å². The van der Waals surface area contributed by atoms with Gasteiger partial charge < -0.3 is 9.88 Å². The van der Waals surface area contributed by atoms with Gasteiger partial charge in [0.1, 0.15) is 0 Å². The predicted molar refractivity (Wildman–Crippen MR) is 90.7 cm³/mol. The van der Waals surface area contributed by atoms with Crippen LogP contribution in [0.5, 0.6) is 0 Å².